The molecule has 92 valence electrons. The highest BCUT2D eigenvalue weighted by molar-refractivity contribution is 7.99. The molecule has 0 aliphatic heterocycles. The SMILES string of the molecule is CC(=O)Oc1ccc(Sc2ccc(C)cc2)cc1. The molecule has 0 unspecified atom stereocenters. The fraction of sp³-hybridized carbons (Fsp3) is 0.133. The minimum Gasteiger partial charge on any atom is -0.427 e. The first kappa shape index (κ1) is 12.7. The second kappa shape index (κ2) is 5.74. The maximum Gasteiger partial charge on any atom is 0.308 e. The van der Waals surface area contributed by atoms with E-state index in [1.54, 1.807) is 23.9 Å². The Morgan fingerprint density at radius 1 is 0.944 bits per heavy atom. The van der Waals surface area contributed by atoms with Crippen molar-refractivity contribution >= 4 is 17.7 Å². The van der Waals surface area contributed by atoms with Crippen molar-refractivity contribution in [3.8, 4) is 5.75 Å². The van der Waals surface area contributed by atoms with Crippen molar-refractivity contribution in [3.05, 3.63) is 54.1 Å². The van der Waals surface area contributed by atoms with Crippen molar-refractivity contribution in [2.24, 2.45) is 0 Å². The van der Waals surface area contributed by atoms with Gasteiger partial charge in [-0.1, -0.05) is 29.5 Å². The van der Waals surface area contributed by atoms with Crippen molar-refractivity contribution in [3.63, 3.8) is 0 Å². The molecular weight excluding hydrogens is 244 g/mol. The van der Waals surface area contributed by atoms with Crippen LogP contribution >= 0.6 is 11.8 Å². The molecule has 2 rings (SSSR count). The quantitative estimate of drug-likeness (QED) is 0.613. The fourth-order valence-corrected chi connectivity index (χ4v) is 2.30. The molecule has 18 heavy (non-hydrogen) atoms. The van der Waals surface area contributed by atoms with Gasteiger partial charge in [0.2, 0.25) is 0 Å². The molecule has 0 fully saturated rings. The van der Waals surface area contributed by atoms with E-state index in [1.165, 1.54) is 17.4 Å². The Labute approximate surface area is 111 Å². The second-order valence-electron chi connectivity index (χ2n) is 3.98. The van der Waals surface area contributed by atoms with Crippen LogP contribution in [0, 0.1) is 6.92 Å². The molecule has 2 nitrogen and oxygen atoms in total. The van der Waals surface area contributed by atoms with E-state index in [-0.39, 0.29) is 5.97 Å². The largest absolute Gasteiger partial charge is 0.427 e. The minimum atomic E-state index is -0.297. The molecule has 0 N–H and O–H groups in total. The Bertz CT molecular complexity index is 529. The predicted molar refractivity (Wildman–Crippen MR) is 73.1 cm³/mol. The van der Waals surface area contributed by atoms with E-state index in [1.807, 2.05) is 12.1 Å². The summed E-state index contributed by atoms with van der Waals surface area (Å²) in [7, 11) is 0. The predicted octanol–water partition coefficient (Wildman–Crippen LogP) is 4.07. The van der Waals surface area contributed by atoms with E-state index in [4.69, 9.17) is 4.74 Å². The summed E-state index contributed by atoms with van der Waals surface area (Å²) in [5.74, 6) is 0.282. The number of hydrogen-bond donors (Lipinski definition) is 0. The highest BCUT2D eigenvalue weighted by atomic mass is 32.2. The molecule has 3 heteroatoms. The van der Waals surface area contributed by atoms with E-state index in [9.17, 15) is 4.79 Å². The van der Waals surface area contributed by atoms with Crippen LogP contribution in [0.25, 0.3) is 0 Å². The summed E-state index contributed by atoms with van der Waals surface area (Å²) in [6.07, 6.45) is 0. The smallest absolute Gasteiger partial charge is 0.308 e. The van der Waals surface area contributed by atoms with E-state index in [0.29, 0.717) is 5.75 Å². The second-order valence-corrected chi connectivity index (χ2v) is 5.13. The number of carbonyl (C=O) groups is 1. The van der Waals surface area contributed by atoms with Gasteiger partial charge in [0.1, 0.15) is 5.75 Å². The van der Waals surface area contributed by atoms with E-state index in [2.05, 4.69) is 31.2 Å². The molecule has 0 saturated heterocycles. The van der Waals surface area contributed by atoms with Crippen LogP contribution in [0.4, 0.5) is 0 Å². The van der Waals surface area contributed by atoms with Crippen molar-refractivity contribution in [1.82, 2.24) is 0 Å². The lowest BCUT2D eigenvalue weighted by molar-refractivity contribution is -0.131. The molecule has 0 heterocycles. The van der Waals surface area contributed by atoms with E-state index in [0.717, 1.165) is 4.90 Å². The van der Waals surface area contributed by atoms with E-state index >= 15 is 0 Å². The Morgan fingerprint density at radius 3 is 1.94 bits per heavy atom. The van der Waals surface area contributed by atoms with Gasteiger partial charge in [-0.3, -0.25) is 4.79 Å². The number of rotatable bonds is 3. The average Bonchev–Trinajstić information content (AvgIpc) is 2.34. The Hall–Kier alpha value is -1.74. The minimum absolute atomic E-state index is 0.297. The number of hydrogen-bond acceptors (Lipinski definition) is 3. The van der Waals surface area contributed by atoms with Gasteiger partial charge in [0.25, 0.3) is 0 Å². The maximum atomic E-state index is 10.8. The Morgan fingerprint density at radius 2 is 1.44 bits per heavy atom. The molecule has 2 aromatic carbocycles. The molecule has 2 aromatic rings. The van der Waals surface area contributed by atoms with Gasteiger partial charge >= 0.3 is 5.97 Å². The third kappa shape index (κ3) is 3.64. The summed E-state index contributed by atoms with van der Waals surface area (Å²) in [6.45, 7) is 3.47. The number of ether oxygens (including phenoxy) is 1. The topological polar surface area (TPSA) is 26.3 Å². The number of esters is 1. The van der Waals surface area contributed by atoms with Gasteiger partial charge in [-0.25, -0.2) is 0 Å². The van der Waals surface area contributed by atoms with Gasteiger partial charge in [-0.15, -0.1) is 0 Å². The first-order valence-corrected chi connectivity index (χ1v) is 6.48. The van der Waals surface area contributed by atoms with Gasteiger partial charge in [0.15, 0.2) is 0 Å². The maximum absolute atomic E-state index is 10.8. The van der Waals surface area contributed by atoms with Crippen molar-refractivity contribution in [2.45, 2.75) is 23.6 Å². The van der Waals surface area contributed by atoms with Crippen molar-refractivity contribution < 1.29 is 9.53 Å². The molecule has 0 spiro atoms. The third-order valence-corrected chi connectivity index (χ3v) is 3.36. The fourth-order valence-electron chi connectivity index (χ4n) is 1.48. The zero-order valence-electron chi connectivity index (χ0n) is 10.3. The van der Waals surface area contributed by atoms with Crippen molar-refractivity contribution in [1.29, 1.82) is 0 Å². The summed E-state index contributed by atoms with van der Waals surface area (Å²) in [5.41, 5.74) is 1.25. The first-order valence-electron chi connectivity index (χ1n) is 5.66. The molecule has 0 atom stereocenters. The molecule has 0 aromatic heterocycles. The first-order chi connectivity index (χ1) is 8.63. The van der Waals surface area contributed by atoms with Gasteiger partial charge < -0.3 is 4.74 Å². The Kier molecular flexibility index (Phi) is 4.05. The number of aryl methyl sites for hydroxylation is 1. The van der Waals surface area contributed by atoms with Crippen LogP contribution in [-0.2, 0) is 4.79 Å². The molecule has 0 saturated carbocycles. The van der Waals surface area contributed by atoms with E-state index < -0.39 is 0 Å². The lowest BCUT2D eigenvalue weighted by Gasteiger charge is -2.04. The summed E-state index contributed by atoms with van der Waals surface area (Å²) in [4.78, 5) is 13.1. The summed E-state index contributed by atoms with van der Waals surface area (Å²) in [5, 5.41) is 0. The summed E-state index contributed by atoms with van der Waals surface area (Å²) >= 11 is 1.68. The number of benzene rings is 2. The monoisotopic (exact) mass is 258 g/mol. The van der Waals surface area contributed by atoms with Gasteiger partial charge in [-0.2, -0.15) is 0 Å². The zero-order chi connectivity index (χ0) is 13.0. The third-order valence-electron chi connectivity index (χ3n) is 2.34. The van der Waals surface area contributed by atoms with Crippen LogP contribution in [0.5, 0.6) is 5.75 Å². The van der Waals surface area contributed by atoms with Crippen LogP contribution in [-0.4, -0.2) is 5.97 Å². The van der Waals surface area contributed by atoms with Crippen LogP contribution in [0.15, 0.2) is 58.3 Å². The zero-order valence-corrected chi connectivity index (χ0v) is 11.2. The number of carbonyl (C=O) groups excluding carboxylic acids is 1. The van der Waals surface area contributed by atoms with Crippen LogP contribution in [0.3, 0.4) is 0 Å². The highest BCUT2D eigenvalue weighted by Gasteiger charge is 2.00. The van der Waals surface area contributed by atoms with Crippen LogP contribution < -0.4 is 4.74 Å². The van der Waals surface area contributed by atoms with Crippen molar-refractivity contribution in [2.75, 3.05) is 0 Å². The molecular formula is C15H14O2S. The highest BCUT2D eigenvalue weighted by Crippen LogP contribution is 2.29. The van der Waals surface area contributed by atoms with Gasteiger partial charge in [0.05, 0.1) is 0 Å². The standard InChI is InChI=1S/C15H14O2S/c1-11-3-7-14(8-4-11)18-15-9-5-13(6-10-15)17-12(2)16/h3-10H,1-2H3. The lowest BCUT2D eigenvalue weighted by atomic mass is 10.2. The molecule has 0 aliphatic rings. The average molecular weight is 258 g/mol. The molecule has 0 amide bonds. The molecule has 0 radical (unpaired) electrons. The molecule has 0 aliphatic carbocycles. The lowest BCUT2D eigenvalue weighted by Crippen LogP contribution is -2.00. The normalized spacial score (nSPS) is 10.1. The van der Waals surface area contributed by atoms with Crippen LogP contribution in [0.1, 0.15) is 12.5 Å². The van der Waals surface area contributed by atoms with Crippen LogP contribution in [0.2, 0.25) is 0 Å². The summed E-state index contributed by atoms with van der Waals surface area (Å²) in [6, 6.07) is 15.9. The van der Waals surface area contributed by atoms with Gasteiger partial charge in [0, 0.05) is 16.7 Å². The van der Waals surface area contributed by atoms with Gasteiger partial charge in [-0.05, 0) is 43.3 Å². The summed E-state index contributed by atoms with van der Waals surface area (Å²) < 4.78 is 4.99. The Balaban J connectivity index is 2.06. The molecule has 0 bridgehead atoms.